The van der Waals surface area contributed by atoms with Crippen molar-refractivity contribution in [2.24, 2.45) is 28.6 Å². The van der Waals surface area contributed by atoms with Gasteiger partial charge in [0.2, 0.25) is 0 Å². The summed E-state index contributed by atoms with van der Waals surface area (Å²) in [6.45, 7) is 10.7. The molecule has 0 aromatic carbocycles. The Labute approximate surface area is 142 Å². The highest BCUT2D eigenvalue weighted by atomic mass is 16.4. The van der Waals surface area contributed by atoms with Gasteiger partial charge >= 0.3 is 5.97 Å². The second-order valence-electron chi connectivity index (χ2n) is 8.52. The SMILES string of the molecule is C=C[C@@H](C)/C=C/C[C@@H]1CCC[C@@H]2[C@@](C)(CC(=O)O)CCC[C@@]12C. The molecule has 0 heterocycles. The molecule has 2 saturated carbocycles. The molecule has 0 unspecified atom stereocenters. The summed E-state index contributed by atoms with van der Waals surface area (Å²) in [7, 11) is 0. The van der Waals surface area contributed by atoms with Crippen molar-refractivity contribution in [2.45, 2.75) is 72.1 Å². The zero-order valence-electron chi connectivity index (χ0n) is 15.2. The molecule has 0 aromatic heterocycles. The topological polar surface area (TPSA) is 37.3 Å². The van der Waals surface area contributed by atoms with Crippen LogP contribution < -0.4 is 0 Å². The van der Waals surface area contributed by atoms with Crippen molar-refractivity contribution in [1.82, 2.24) is 0 Å². The Morgan fingerprint density at radius 3 is 2.70 bits per heavy atom. The number of carbonyl (C=O) groups is 1. The standard InChI is InChI=1S/C21H34O2/c1-5-16(2)9-6-10-17-11-7-12-18-20(3,15-19(22)23)13-8-14-21(17,18)4/h5-6,9,16-18H,1,7-8,10-15H2,2-4H3,(H,22,23)/b9-6+/t16-,17-,18-,20-,21+/m1/s1. The third-order valence-electron chi connectivity index (χ3n) is 6.87. The molecule has 2 nitrogen and oxygen atoms in total. The molecular weight excluding hydrogens is 284 g/mol. The van der Waals surface area contributed by atoms with Crippen molar-refractivity contribution in [3.63, 3.8) is 0 Å². The fourth-order valence-electron chi connectivity index (χ4n) is 5.56. The molecule has 0 bridgehead atoms. The van der Waals surface area contributed by atoms with Gasteiger partial charge in [0.05, 0.1) is 6.42 Å². The van der Waals surface area contributed by atoms with E-state index in [2.05, 4.69) is 39.5 Å². The molecule has 0 radical (unpaired) electrons. The van der Waals surface area contributed by atoms with E-state index >= 15 is 0 Å². The molecule has 0 aromatic rings. The van der Waals surface area contributed by atoms with Gasteiger partial charge in [-0.05, 0) is 60.7 Å². The number of aliphatic carboxylic acids is 1. The van der Waals surface area contributed by atoms with Gasteiger partial charge in [-0.1, -0.05) is 51.8 Å². The van der Waals surface area contributed by atoms with E-state index in [4.69, 9.17) is 0 Å². The van der Waals surface area contributed by atoms with Crippen LogP contribution in [0.3, 0.4) is 0 Å². The van der Waals surface area contributed by atoms with Crippen LogP contribution in [-0.2, 0) is 4.79 Å². The van der Waals surface area contributed by atoms with Gasteiger partial charge < -0.3 is 5.11 Å². The number of fused-ring (bicyclic) bond motifs is 1. The molecule has 5 atom stereocenters. The Morgan fingerprint density at radius 1 is 1.30 bits per heavy atom. The Bertz CT molecular complexity index is 466. The van der Waals surface area contributed by atoms with Crippen molar-refractivity contribution in [3.05, 3.63) is 24.8 Å². The lowest BCUT2D eigenvalue weighted by Gasteiger charge is -2.58. The monoisotopic (exact) mass is 318 g/mol. The van der Waals surface area contributed by atoms with E-state index < -0.39 is 5.97 Å². The summed E-state index contributed by atoms with van der Waals surface area (Å²) in [6, 6.07) is 0. The largest absolute Gasteiger partial charge is 0.481 e. The zero-order chi connectivity index (χ0) is 17.1. The van der Waals surface area contributed by atoms with Crippen molar-refractivity contribution in [3.8, 4) is 0 Å². The zero-order valence-corrected chi connectivity index (χ0v) is 15.2. The minimum absolute atomic E-state index is 0.0182. The quantitative estimate of drug-likeness (QED) is 0.624. The van der Waals surface area contributed by atoms with Crippen LogP contribution in [0.25, 0.3) is 0 Å². The predicted molar refractivity (Wildman–Crippen MR) is 96.3 cm³/mol. The smallest absolute Gasteiger partial charge is 0.303 e. The van der Waals surface area contributed by atoms with Gasteiger partial charge in [-0.15, -0.1) is 6.58 Å². The molecule has 0 spiro atoms. The Kier molecular flexibility index (Phi) is 5.75. The van der Waals surface area contributed by atoms with Gasteiger partial charge in [-0.3, -0.25) is 4.79 Å². The first-order valence-electron chi connectivity index (χ1n) is 9.33. The van der Waals surface area contributed by atoms with Gasteiger partial charge in [0.1, 0.15) is 0 Å². The first kappa shape index (κ1) is 18.3. The van der Waals surface area contributed by atoms with Crippen LogP contribution in [0.5, 0.6) is 0 Å². The molecule has 0 amide bonds. The van der Waals surface area contributed by atoms with Crippen molar-refractivity contribution in [2.75, 3.05) is 0 Å². The van der Waals surface area contributed by atoms with Gasteiger partial charge in [0.25, 0.3) is 0 Å². The lowest BCUT2D eigenvalue weighted by Crippen LogP contribution is -2.50. The minimum atomic E-state index is -0.626. The van der Waals surface area contributed by atoms with E-state index in [1.807, 2.05) is 6.08 Å². The summed E-state index contributed by atoms with van der Waals surface area (Å²) < 4.78 is 0. The highest BCUT2D eigenvalue weighted by Gasteiger charge is 2.53. The van der Waals surface area contributed by atoms with E-state index in [-0.39, 0.29) is 5.41 Å². The normalized spacial score (nSPS) is 38.9. The van der Waals surface area contributed by atoms with Gasteiger partial charge in [-0.2, -0.15) is 0 Å². The fourth-order valence-corrected chi connectivity index (χ4v) is 5.56. The predicted octanol–water partition coefficient (Wildman–Crippen LogP) is 5.84. The maximum atomic E-state index is 11.4. The summed E-state index contributed by atoms with van der Waals surface area (Å²) >= 11 is 0. The van der Waals surface area contributed by atoms with Gasteiger partial charge in [0.15, 0.2) is 0 Å². The summed E-state index contributed by atoms with van der Waals surface area (Å²) in [5.74, 6) is 1.07. The van der Waals surface area contributed by atoms with Crippen molar-refractivity contribution < 1.29 is 9.90 Å². The Hall–Kier alpha value is -1.05. The molecule has 23 heavy (non-hydrogen) atoms. The lowest BCUT2D eigenvalue weighted by molar-refractivity contribution is -0.146. The van der Waals surface area contributed by atoms with Crippen LogP contribution in [0.1, 0.15) is 72.1 Å². The third kappa shape index (κ3) is 3.89. The van der Waals surface area contributed by atoms with Crippen LogP contribution in [0, 0.1) is 28.6 Å². The maximum Gasteiger partial charge on any atom is 0.303 e. The van der Waals surface area contributed by atoms with Gasteiger partial charge in [-0.25, -0.2) is 0 Å². The van der Waals surface area contributed by atoms with E-state index in [0.717, 1.165) is 12.8 Å². The van der Waals surface area contributed by atoms with Crippen molar-refractivity contribution in [1.29, 1.82) is 0 Å². The molecule has 2 aliphatic carbocycles. The average molecular weight is 319 g/mol. The number of allylic oxidation sites excluding steroid dienone is 3. The number of rotatable bonds is 6. The van der Waals surface area contributed by atoms with Gasteiger partial charge in [0, 0.05) is 0 Å². The van der Waals surface area contributed by atoms with Crippen molar-refractivity contribution >= 4 is 5.97 Å². The summed E-state index contributed by atoms with van der Waals surface area (Å²) in [5.41, 5.74) is 0.290. The van der Waals surface area contributed by atoms with Crippen LogP contribution in [0.2, 0.25) is 0 Å². The van der Waals surface area contributed by atoms with Crippen LogP contribution in [0.15, 0.2) is 24.8 Å². The minimum Gasteiger partial charge on any atom is -0.481 e. The first-order chi connectivity index (χ1) is 10.8. The highest BCUT2D eigenvalue weighted by Crippen LogP contribution is 2.61. The molecule has 1 N–H and O–H groups in total. The molecule has 130 valence electrons. The van der Waals surface area contributed by atoms with Crippen LogP contribution in [0.4, 0.5) is 0 Å². The lowest BCUT2D eigenvalue weighted by atomic mass is 9.47. The Balaban J connectivity index is 2.16. The fraction of sp³-hybridized carbons (Fsp3) is 0.762. The molecule has 2 fully saturated rings. The van der Waals surface area contributed by atoms with E-state index in [9.17, 15) is 9.90 Å². The average Bonchev–Trinajstić information content (AvgIpc) is 2.47. The molecule has 0 saturated heterocycles. The molecule has 2 heteroatoms. The number of hydrogen-bond donors (Lipinski definition) is 1. The summed E-state index contributed by atoms with van der Waals surface area (Å²) in [5, 5.41) is 9.38. The number of hydrogen-bond acceptors (Lipinski definition) is 1. The molecular formula is C21H34O2. The second-order valence-corrected chi connectivity index (χ2v) is 8.52. The summed E-state index contributed by atoms with van der Waals surface area (Å²) in [6.07, 6.45) is 15.3. The van der Waals surface area contributed by atoms with Crippen LogP contribution >= 0.6 is 0 Å². The summed E-state index contributed by atoms with van der Waals surface area (Å²) in [4.78, 5) is 11.4. The third-order valence-corrected chi connectivity index (χ3v) is 6.87. The Morgan fingerprint density at radius 2 is 2.04 bits per heavy atom. The van der Waals surface area contributed by atoms with Crippen LogP contribution in [-0.4, -0.2) is 11.1 Å². The van der Waals surface area contributed by atoms with E-state index in [1.165, 1.54) is 32.1 Å². The molecule has 0 aliphatic heterocycles. The highest BCUT2D eigenvalue weighted by molar-refractivity contribution is 5.67. The molecule has 2 aliphatic rings. The maximum absolute atomic E-state index is 11.4. The number of carboxylic acids is 1. The van der Waals surface area contributed by atoms with E-state index in [0.29, 0.717) is 29.6 Å². The molecule has 2 rings (SSSR count). The first-order valence-corrected chi connectivity index (χ1v) is 9.33. The van der Waals surface area contributed by atoms with E-state index in [1.54, 1.807) is 0 Å². The second kappa shape index (κ2) is 7.23. The number of carboxylic acid groups (broad SMARTS) is 1.